The van der Waals surface area contributed by atoms with Gasteiger partial charge in [0.05, 0.1) is 32.9 Å². The Morgan fingerprint density at radius 3 is 2.74 bits per heavy atom. The van der Waals surface area contributed by atoms with Gasteiger partial charge in [-0.15, -0.1) is 0 Å². The monoisotopic (exact) mass is 418 g/mol. The lowest BCUT2D eigenvalue weighted by Gasteiger charge is -2.14. The van der Waals surface area contributed by atoms with E-state index in [0.717, 1.165) is 40.1 Å². The van der Waals surface area contributed by atoms with E-state index in [4.69, 9.17) is 14.2 Å². The molecule has 0 bridgehead atoms. The first kappa shape index (κ1) is 20.7. The normalized spacial score (nSPS) is 14.5. The summed E-state index contributed by atoms with van der Waals surface area (Å²) in [5.41, 5.74) is 5.03. The van der Waals surface area contributed by atoms with Gasteiger partial charge in [-0.1, -0.05) is 24.3 Å². The van der Waals surface area contributed by atoms with Gasteiger partial charge in [0.2, 0.25) is 5.91 Å². The number of para-hydroxylation sites is 1. The second-order valence-corrected chi connectivity index (χ2v) is 7.58. The number of carbonyl (C=O) groups is 1. The van der Waals surface area contributed by atoms with E-state index in [1.54, 1.807) is 26.5 Å². The predicted octanol–water partition coefficient (Wildman–Crippen LogP) is 3.74. The molecule has 3 aromatic rings. The molecule has 0 aliphatic carbocycles. The number of benzene rings is 2. The van der Waals surface area contributed by atoms with E-state index in [1.165, 1.54) is 0 Å². The van der Waals surface area contributed by atoms with Crippen LogP contribution in [0.3, 0.4) is 0 Å². The van der Waals surface area contributed by atoms with Crippen LogP contribution < -0.4 is 19.5 Å². The van der Waals surface area contributed by atoms with E-state index < -0.39 is 0 Å². The summed E-state index contributed by atoms with van der Waals surface area (Å²) in [5, 5.41) is 2.99. The van der Waals surface area contributed by atoms with E-state index in [1.807, 2.05) is 43.3 Å². The second kappa shape index (κ2) is 9.08. The smallest absolute Gasteiger partial charge is 0.224 e. The van der Waals surface area contributed by atoms with E-state index >= 15 is 0 Å². The Morgan fingerprint density at radius 1 is 1.13 bits per heavy atom. The molecule has 2 heterocycles. The Balaban J connectivity index is 1.38. The molecule has 1 aromatic heterocycles. The molecule has 1 aliphatic heterocycles. The molecule has 0 fully saturated rings. The third-order valence-corrected chi connectivity index (χ3v) is 5.43. The zero-order valence-corrected chi connectivity index (χ0v) is 18.0. The molecule has 1 N–H and O–H groups in total. The minimum Gasteiger partial charge on any atom is -0.493 e. The van der Waals surface area contributed by atoms with E-state index in [2.05, 4.69) is 16.4 Å². The number of hydrogen-bond donors (Lipinski definition) is 1. The fraction of sp³-hybridized carbons (Fsp3) is 0.280. The van der Waals surface area contributed by atoms with Gasteiger partial charge in [-0.2, -0.15) is 0 Å². The molecule has 1 aliphatic rings. The Hall–Kier alpha value is -3.54. The summed E-state index contributed by atoms with van der Waals surface area (Å²) in [5.74, 6) is 2.05. The SMILES string of the molecule is COc1ccc(CC(=O)NC[C@H]2Cc3cccc(-c4ncccc4C)c3O2)cc1OC. The quantitative estimate of drug-likeness (QED) is 0.633. The van der Waals surface area contributed by atoms with Crippen molar-refractivity contribution in [3.63, 3.8) is 0 Å². The zero-order chi connectivity index (χ0) is 21.8. The lowest BCUT2D eigenvalue weighted by molar-refractivity contribution is -0.120. The Morgan fingerprint density at radius 2 is 1.97 bits per heavy atom. The fourth-order valence-corrected chi connectivity index (χ4v) is 3.87. The second-order valence-electron chi connectivity index (χ2n) is 7.58. The summed E-state index contributed by atoms with van der Waals surface area (Å²) < 4.78 is 16.8. The number of ether oxygens (including phenoxy) is 3. The summed E-state index contributed by atoms with van der Waals surface area (Å²) in [6, 6.07) is 15.6. The highest BCUT2D eigenvalue weighted by Gasteiger charge is 2.26. The molecular weight excluding hydrogens is 392 g/mol. The molecule has 0 saturated carbocycles. The Bertz CT molecular complexity index is 1100. The van der Waals surface area contributed by atoms with Crippen molar-refractivity contribution in [1.29, 1.82) is 0 Å². The number of nitrogens with one attached hydrogen (secondary N) is 1. The van der Waals surface area contributed by atoms with Gasteiger partial charge in [0.15, 0.2) is 11.5 Å². The fourth-order valence-electron chi connectivity index (χ4n) is 3.87. The first-order valence-corrected chi connectivity index (χ1v) is 10.3. The summed E-state index contributed by atoms with van der Waals surface area (Å²) in [4.78, 5) is 17.0. The van der Waals surface area contributed by atoms with Gasteiger partial charge in [0.25, 0.3) is 0 Å². The lowest BCUT2D eigenvalue weighted by atomic mass is 10.0. The van der Waals surface area contributed by atoms with Crippen molar-refractivity contribution < 1.29 is 19.0 Å². The molecule has 6 nitrogen and oxygen atoms in total. The summed E-state index contributed by atoms with van der Waals surface area (Å²) in [6.45, 7) is 2.49. The standard InChI is InChI=1S/C25H26N2O4/c1-16-6-5-11-26-24(16)20-8-4-7-18-14-19(31-25(18)20)15-27-23(28)13-17-9-10-21(29-2)22(12-17)30-3/h4-12,19H,13-15H2,1-3H3,(H,27,28)/t19-/m1/s1. The highest BCUT2D eigenvalue weighted by atomic mass is 16.5. The largest absolute Gasteiger partial charge is 0.493 e. The number of nitrogens with zero attached hydrogens (tertiary/aromatic N) is 1. The minimum absolute atomic E-state index is 0.0624. The molecule has 160 valence electrons. The number of aryl methyl sites for hydroxylation is 1. The average Bonchev–Trinajstić information content (AvgIpc) is 3.21. The van der Waals surface area contributed by atoms with Gasteiger partial charge in [-0.3, -0.25) is 9.78 Å². The lowest BCUT2D eigenvalue weighted by Crippen LogP contribution is -2.35. The molecule has 0 spiro atoms. The van der Waals surface area contributed by atoms with Crippen LogP contribution in [-0.4, -0.2) is 37.8 Å². The van der Waals surface area contributed by atoms with Crippen LogP contribution in [0.4, 0.5) is 0 Å². The van der Waals surface area contributed by atoms with Crippen LogP contribution in [0.2, 0.25) is 0 Å². The molecule has 1 amide bonds. The van der Waals surface area contributed by atoms with Crippen LogP contribution in [0.15, 0.2) is 54.7 Å². The third kappa shape index (κ3) is 4.48. The number of hydrogen-bond acceptors (Lipinski definition) is 5. The van der Waals surface area contributed by atoms with E-state index in [-0.39, 0.29) is 18.4 Å². The van der Waals surface area contributed by atoms with Crippen molar-refractivity contribution in [1.82, 2.24) is 10.3 Å². The molecule has 0 unspecified atom stereocenters. The van der Waals surface area contributed by atoms with E-state index in [0.29, 0.717) is 18.0 Å². The molecule has 31 heavy (non-hydrogen) atoms. The number of methoxy groups -OCH3 is 2. The zero-order valence-electron chi connectivity index (χ0n) is 18.0. The number of rotatable bonds is 7. The Labute approximate surface area is 182 Å². The summed E-state index contributed by atoms with van der Waals surface area (Å²) in [7, 11) is 3.17. The van der Waals surface area contributed by atoms with Crippen LogP contribution in [0.25, 0.3) is 11.3 Å². The van der Waals surface area contributed by atoms with Gasteiger partial charge in [-0.05, 0) is 47.9 Å². The first-order chi connectivity index (χ1) is 15.1. The molecule has 1 atom stereocenters. The molecule has 2 aromatic carbocycles. The molecule has 4 rings (SSSR count). The van der Waals surface area contributed by atoms with Gasteiger partial charge in [0, 0.05) is 18.2 Å². The topological polar surface area (TPSA) is 69.7 Å². The van der Waals surface area contributed by atoms with Crippen molar-refractivity contribution in [3.8, 4) is 28.5 Å². The number of fused-ring (bicyclic) bond motifs is 1. The van der Waals surface area contributed by atoms with Gasteiger partial charge in [0.1, 0.15) is 11.9 Å². The first-order valence-electron chi connectivity index (χ1n) is 10.3. The number of aromatic nitrogens is 1. The number of amides is 1. The van der Waals surface area contributed by atoms with Crippen LogP contribution >= 0.6 is 0 Å². The average molecular weight is 418 g/mol. The maximum absolute atomic E-state index is 12.5. The molecule has 0 saturated heterocycles. The summed E-state index contributed by atoms with van der Waals surface area (Å²) in [6.07, 6.45) is 2.71. The highest BCUT2D eigenvalue weighted by Crippen LogP contribution is 2.38. The van der Waals surface area contributed by atoms with Crippen LogP contribution in [0.1, 0.15) is 16.7 Å². The van der Waals surface area contributed by atoms with Gasteiger partial charge in [-0.25, -0.2) is 0 Å². The summed E-state index contributed by atoms with van der Waals surface area (Å²) >= 11 is 0. The maximum atomic E-state index is 12.5. The predicted molar refractivity (Wildman–Crippen MR) is 119 cm³/mol. The van der Waals surface area contributed by atoms with Crippen LogP contribution in [0.5, 0.6) is 17.2 Å². The molecular formula is C25H26N2O4. The van der Waals surface area contributed by atoms with Crippen molar-refractivity contribution in [3.05, 3.63) is 71.4 Å². The van der Waals surface area contributed by atoms with Crippen molar-refractivity contribution in [2.75, 3.05) is 20.8 Å². The van der Waals surface area contributed by atoms with Crippen molar-refractivity contribution in [2.24, 2.45) is 0 Å². The maximum Gasteiger partial charge on any atom is 0.224 e. The number of pyridine rings is 1. The third-order valence-electron chi connectivity index (χ3n) is 5.43. The van der Waals surface area contributed by atoms with Crippen molar-refractivity contribution >= 4 is 5.91 Å². The van der Waals surface area contributed by atoms with E-state index in [9.17, 15) is 4.79 Å². The van der Waals surface area contributed by atoms with Crippen LogP contribution in [-0.2, 0) is 17.6 Å². The van der Waals surface area contributed by atoms with Crippen LogP contribution in [0, 0.1) is 6.92 Å². The van der Waals surface area contributed by atoms with Crippen molar-refractivity contribution in [2.45, 2.75) is 25.9 Å². The highest BCUT2D eigenvalue weighted by molar-refractivity contribution is 5.79. The molecule has 0 radical (unpaired) electrons. The van der Waals surface area contributed by atoms with Gasteiger partial charge >= 0.3 is 0 Å². The number of carbonyl (C=O) groups excluding carboxylic acids is 1. The minimum atomic E-state index is -0.102. The Kier molecular flexibility index (Phi) is 6.07. The van der Waals surface area contributed by atoms with Gasteiger partial charge < -0.3 is 19.5 Å². The molecule has 6 heteroatoms.